The number of hydrogen-bond acceptors (Lipinski definition) is 4. The molecule has 0 saturated carbocycles. The van der Waals surface area contributed by atoms with Crippen molar-refractivity contribution >= 4 is 12.9 Å². The molecular weight excluding hydrogens is 375 g/mol. The van der Waals surface area contributed by atoms with Crippen molar-refractivity contribution in [1.82, 2.24) is 14.8 Å². The molecule has 3 aromatic rings. The molecule has 3 rings (SSSR count). The van der Waals surface area contributed by atoms with Crippen LogP contribution in [0.3, 0.4) is 0 Å². The summed E-state index contributed by atoms with van der Waals surface area (Å²) < 4.78 is 36.6. The Hall–Kier alpha value is -2.58. The summed E-state index contributed by atoms with van der Waals surface area (Å²) in [6.45, 7) is 8.23. The van der Waals surface area contributed by atoms with Crippen molar-refractivity contribution in [1.29, 1.82) is 0 Å². The van der Waals surface area contributed by atoms with Gasteiger partial charge in [-0.3, -0.25) is 0 Å². The summed E-state index contributed by atoms with van der Waals surface area (Å²) in [7, 11) is 1.13. The van der Waals surface area contributed by atoms with Crippen molar-refractivity contribution < 1.29 is 18.5 Å². The predicted molar refractivity (Wildman–Crippen MR) is 108 cm³/mol. The molecule has 5 nitrogen and oxygen atoms in total. The SMILES string of the molecule is Cc1nn(-c2ccccn2)cc1-c1ccc([B]OC(C)(C)C(C)(C)O)c(F)c1F. The molecule has 0 fully saturated rings. The normalized spacial score (nSPS) is 12.3. The minimum Gasteiger partial charge on any atom is -0.427 e. The lowest BCUT2D eigenvalue weighted by Crippen LogP contribution is -2.49. The van der Waals surface area contributed by atoms with E-state index in [0.717, 1.165) is 7.48 Å². The molecule has 151 valence electrons. The van der Waals surface area contributed by atoms with Gasteiger partial charge in [-0.15, -0.1) is 0 Å². The van der Waals surface area contributed by atoms with Gasteiger partial charge in [0, 0.05) is 23.5 Å². The third-order valence-corrected chi connectivity index (χ3v) is 5.14. The highest BCUT2D eigenvalue weighted by atomic mass is 19.2. The number of aliphatic hydroxyl groups is 1. The van der Waals surface area contributed by atoms with Gasteiger partial charge in [-0.1, -0.05) is 18.2 Å². The van der Waals surface area contributed by atoms with E-state index in [1.165, 1.54) is 16.8 Å². The molecule has 0 spiro atoms. The summed E-state index contributed by atoms with van der Waals surface area (Å²) in [6.07, 6.45) is 3.25. The van der Waals surface area contributed by atoms with Gasteiger partial charge in [-0.05, 0) is 52.2 Å². The second-order valence-electron chi connectivity index (χ2n) is 7.90. The summed E-state index contributed by atoms with van der Waals surface area (Å²) in [6, 6.07) is 8.29. The summed E-state index contributed by atoms with van der Waals surface area (Å²) in [5.74, 6) is -1.44. The predicted octanol–water partition coefficient (Wildman–Crippen LogP) is 3.33. The molecule has 1 aromatic carbocycles. The molecule has 2 heterocycles. The van der Waals surface area contributed by atoms with Crippen molar-refractivity contribution in [3.05, 3.63) is 60.1 Å². The monoisotopic (exact) mass is 398 g/mol. The average molecular weight is 398 g/mol. The summed E-state index contributed by atoms with van der Waals surface area (Å²) in [4.78, 5) is 4.21. The fraction of sp³-hybridized carbons (Fsp3) is 0.333. The number of pyridine rings is 1. The first-order valence-corrected chi connectivity index (χ1v) is 9.21. The maximum atomic E-state index is 14.8. The Labute approximate surface area is 169 Å². The molecule has 0 aliphatic carbocycles. The van der Waals surface area contributed by atoms with Crippen molar-refractivity contribution in [2.75, 3.05) is 0 Å². The lowest BCUT2D eigenvalue weighted by Gasteiger charge is -2.37. The van der Waals surface area contributed by atoms with Gasteiger partial charge in [0.2, 0.25) is 0 Å². The number of rotatable bonds is 6. The minimum absolute atomic E-state index is 0.0432. The van der Waals surface area contributed by atoms with Crippen molar-refractivity contribution in [3.63, 3.8) is 0 Å². The minimum atomic E-state index is -1.17. The van der Waals surface area contributed by atoms with Crippen LogP contribution in [0.15, 0.2) is 42.7 Å². The zero-order chi connectivity index (χ0) is 21.4. The fourth-order valence-corrected chi connectivity index (χ4v) is 2.55. The van der Waals surface area contributed by atoms with Crippen LogP contribution in [0, 0.1) is 18.6 Å². The van der Waals surface area contributed by atoms with Gasteiger partial charge in [0.15, 0.2) is 17.5 Å². The molecule has 0 aliphatic rings. The number of aryl methyl sites for hydroxylation is 1. The largest absolute Gasteiger partial charge is 0.427 e. The lowest BCUT2D eigenvalue weighted by atomic mass is 9.81. The Bertz CT molecular complexity index is 1010. The zero-order valence-electron chi connectivity index (χ0n) is 17.1. The van der Waals surface area contributed by atoms with E-state index >= 15 is 0 Å². The maximum Gasteiger partial charge on any atom is 0.334 e. The van der Waals surface area contributed by atoms with Crippen LogP contribution in [0.25, 0.3) is 16.9 Å². The standard InChI is InChI=1S/C21H23BF2N3O2/c1-13-15(12-27(26-13)17-8-6-7-11-25-17)14-9-10-16(19(24)18(14)23)22-29-21(4,5)20(2,3)28/h6-12,28H,1-5H3. The van der Waals surface area contributed by atoms with Crippen LogP contribution >= 0.6 is 0 Å². The molecule has 2 aromatic heterocycles. The first kappa shape index (κ1) is 21.1. The van der Waals surface area contributed by atoms with Gasteiger partial charge in [-0.2, -0.15) is 5.10 Å². The van der Waals surface area contributed by atoms with Gasteiger partial charge in [-0.25, -0.2) is 18.4 Å². The highest BCUT2D eigenvalue weighted by Crippen LogP contribution is 2.28. The van der Waals surface area contributed by atoms with E-state index in [2.05, 4.69) is 10.1 Å². The Morgan fingerprint density at radius 2 is 1.76 bits per heavy atom. The Kier molecular flexibility index (Phi) is 5.60. The first-order chi connectivity index (χ1) is 13.5. The fourth-order valence-electron chi connectivity index (χ4n) is 2.55. The first-order valence-electron chi connectivity index (χ1n) is 9.21. The number of halogens is 2. The Balaban J connectivity index is 1.90. The molecule has 0 bridgehead atoms. The number of nitrogens with zero attached hydrogens (tertiary/aromatic N) is 3. The number of hydrogen-bond donors (Lipinski definition) is 1. The van der Waals surface area contributed by atoms with E-state index in [1.54, 1.807) is 59.1 Å². The Morgan fingerprint density at radius 3 is 2.38 bits per heavy atom. The topological polar surface area (TPSA) is 60.2 Å². The molecule has 0 saturated heterocycles. The van der Waals surface area contributed by atoms with Crippen molar-refractivity contribution in [2.24, 2.45) is 0 Å². The molecule has 0 amide bonds. The molecule has 1 radical (unpaired) electrons. The van der Waals surface area contributed by atoms with Crippen molar-refractivity contribution in [3.8, 4) is 16.9 Å². The third-order valence-electron chi connectivity index (χ3n) is 5.14. The van der Waals surface area contributed by atoms with Gasteiger partial charge in [0.05, 0.1) is 16.9 Å². The van der Waals surface area contributed by atoms with E-state index in [-0.39, 0.29) is 11.0 Å². The van der Waals surface area contributed by atoms with Crippen LogP contribution in [0.1, 0.15) is 33.4 Å². The molecule has 0 aliphatic heterocycles. The summed E-state index contributed by atoms with van der Waals surface area (Å²) in [5, 5.41) is 14.5. The lowest BCUT2D eigenvalue weighted by molar-refractivity contribution is -0.0893. The molecule has 0 unspecified atom stereocenters. The second kappa shape index (κ2) is 7.69. The van der Waals surface area contributed by atoms with Crippen molar-refractivity contribution in [2.45, 2.75) is 45.8 Å². The van der Waals surface area contributed by atoms with E-state index in [4.69, 9.17) is 4.65 Å². The second-order valence-corrected chi connectivity index (χ2v) is 7.90. The quantitative estimate of drug-likeness (QED) is 0.648. The zero-order valence-corrected chi connectivity index (χ0v) is 17.1. The highest BCUT2D eigenvalue weighted by Gasteiger charge is 2.36. The molecule has 8 heteroatoms. The molecule has 1 N–H and O–H groups in total. The van der Waals surface area contributed by atoms with Crippen LogP contribution in [-0.4, -0.2) is 38.6 Å². The van der Waals surface area contributed by atoms with Crippen LogP contribution in [0.4, 0.5) is 8.78 Å². The van der Waals surface area contributed by atoms with Gasteiger partial charge >= 0.3 is 7.48 Å². The van der Waals surface area contributed by atoms with Crippen LogP contribution in [-0.2, 0) is 4.65 Å². The smallest absolute Gasteiger partial charge is 0.334 e. The van der Waals surface area contributed by atoms with E-state index in [9.17, 15) is 13.9 Å². The third kappa shape index (κ3) is 4.23. The molecule has 0 atom stereocenters. The Morgan fingerprint density at radius 1 is 1.03 bits per heavy atom. The summed E-state index contributed by atoms with van der Waals surface area (Å²) >= 11 is 0. The number of benzene rings is 1. The molecule has 29 heavy (non-hydrogen) atoms. The van der Waals surface area contributed by atoms with Gasteiger partial charge in [0.25, 0.3) is 0 Å². The van der Waals surface area contributed by atoms with Crippen LogP contribution in [0.5, 0.6) is 0 Å². The number of aromatic nitrogens is 3. The van der Waals surface area contributed by atoms with Crippen LogP contribution in [0.2, 0.25) is 0 Å². The highest BCUT2D eigenvalue weighted by molar-refractivity contribution is 6.47. The average Bonchev–Trinajstić information content (AvgIpc) is 3.04. The van der Waals surface area contributed by atoms with Crippen LogP contribution < -0.4 is 5.46 Å². The summed E-state index contributed by atoms with van der Waals surface area (Å²) in [5.41, 5.74) is -1.09. The van der Waals surface area contributed by atoms with E-state index in [0.29, 0.717) is 17.1 Å². The van der Waals surface area contributed by atoms with E-state index < -0.39 is 22.8 Å². The maximum absolute atomic E-state index is 14.8. The van der Waals surface area contributed by atoms with Gasteiger partial charge < -0.3 is 9.76 Å². The van der Waals surface area contributed by atoms with E-state index in [1.807, 2.05) is 6.07 Å². The molecular formula is C21H23BF2N3O2. The van der Waals surface area contributed by atoms with Gasteiger partial charge in [0.1, 0.15) is 0 Å².